The Hall–Kier alpha value is -9.59. The van der Waals surface area contributed by atoms with Crippen LogP contribution in [0.3, 0.4) is 0 Å². The number of nitrogens with zero attached hydrogens (tertiary/aromatic N) is 2. The van der Waals surface area contributed by atoms with E-state index in [1.807, 2.05) is 0 Å². The topological polar surface area (TPSA) is 43.4 Å². The number of anilines is 6. The Bertz CT molecular complexity index is 3970. The maximum absolute atomic E-state index is 7.62. The van der Waals surface area contributed by atoms with Gasteiger partial charge in [0.05, 0.1) is 0 Å². The first kappa shape index (κ1) is 40.9. The first-order chi connectivity index (χ1) is 37.2. The summed E-state index contributed by atoms with van der Waals surface area (Å²) in [5.74, 6) is 6.69. The van der Waals surface area contributed by atoms with Crippen molar-refractivity contribution in [2.45, 2.75) is 0 Å². The molecule has 0 atom stereocenters. The second kappa shape index (κ2) is 15.5. The number of rotatable bonds is 4. The Labute approximate surface area is 434 Å². The standard InChI is InChI=1S/C66H39B3N2O4/c1-5-19-40(20-6-1)44-35-45(41-21-7-2-8-22-41)66-64-65(44)74-60-38-54-48(67-46-27-13-15-31-56(46)72-58-33-17-29-52(62(58)67)70(54)42-23-9-3-10-24-42)36-50(60)69(64)51-37-49-55(39-61(51)75-66)71(43-25-11-4-12-26-43)53-30-18-34-59-63(53)68(49)47-28-14-16-32-57(47)73-59/h1-39H. The fourth-order valence-corrected chi connectivity index (χ4v) is 13.2. The Kier molecular flexibility index (Phi) is 8.44. The molecule has 346 valence electrons. The summed E-state index contributed by atoms with van der Waals surface area (Å²) >= 11 is 0. The molecule has 0 fully saturated rings. The van der Waals surface area contributed by atoms with Crippen LogP contribution in [-0.2, 0) is 0 Å². The number of hydrogen-bond donors (Lipinski definition) is 0. The summed E-state index contributed by atoms with van der Waals surface area (Å²) < 4.78 is 28.8. The third-order valence-corrected chi connectivity index (χ3v) is 16.3. The van der Waals surface area contributed by atoms with E-state index >= 15 is 0 Å². The van der Waals surface area contributed by atoms with E-state index in [1.165, 1.54) is 10.9 Å². The maximum atomic E-state index is 7.62. The maximum Gasteiger partial charge on any atom is 0.260 e. The van der Waals surface area contributed by atoms with Gasteiger partial charge in [-0.2, -0.15) is 0 Å². The molecule has 6 nitrogen and oxygen atoms in total. The highest BCUT2D eigenvalue weighted by Gasteiger charge is 2.49. The van der Waals surface area contributed by atoms with Crippen molar-refractivity contribution in [1.82, 2.24) is 0 Å². The third-order valence-electron chi connectivity index (χ3n) is 16.3. The number of hydrogen-bond acceptors (Lipinski definition) is 6. The molecule has 6 aliphatic rings. The third kappa shape index (κ3) is 5.78. The highest BCUT2D eigenvalue weighted by molar-refractivity contribution is 7.03. The van der Waals surface area contributed by atoms with Crippen LogP contribution in [0.1, 0.15) is 0 Å². The Balaban J connectivity index is 0.989. The number of benzene rings is 11. The van der Waals surface area contributed by atoms with E-state index in [1.54, 1.807) is 0 Å². The fraction of sp³-hybridized carbons (Fsp3) is 0. The van der Waals surface area contributed by atoms with E-state index in [0.717, 1.165) is 141 Å². The van der Waals surface area contributed by atoms with Gasteiger partial charge in [-0.25, -0.2) is 0 Å². The molecule has 0 bridgehead atoms. The molecule has 0 saturated heterocycles. The molecule has 6 aliphatic heterocycles. The van der Waals surface area contributed by atoms with Crippen LogP contribution in [0.5, 0.6) is 46.0 Å². The van der Waals surface area contributed by atoms with Crippen molar-refractivity contribution in [3.05, 3.63) is 237 Å². The SMILES string of the molecule is c1ccc(-c2cc(-c3ccccc3)c3c4c2Oc2cc5c(cc2B4c2cc4c(cc2O3)N(c2ccccc2)c2cccc3c2B4c2ccccc2O3)B2c3ccccc3Oc3cccc(c32)N5c2ccccc2)cc1. The summed E-state index contributed by atoms with van der Waals surface area (Å²) in [6.07, 6.45) is 0. The molecule has 9 heteroatoms. The molecule has 11 aromatic rings. The van der Waals surface area contributed by atoms with Crippen LogP contribution >= 0.6 is 0 Å². The fourth-order valence-electron chi connectivity index (χ4n) is 13.2. The lowest BCUT2D eigenvalue weighted by atomic mass is 9.30. The summed E-state index contributed by atoms with van der Waals surface area (Å²) in [5, 5.41) is 0. The van der Waals surface area contributed by atoms with Crippen molar-refractivity contribution in [3.63, 3.8) is 0 Å². The van der Waals surface area contributed by atoms with Crippen molar-refractivity contribution in [3.8, 4) is 68.2 Å². The van der Waals surface area contributed by atoms with Gasteiger partial charge < -0.3 is 28.7 Å². The summed E-state index contributed by atoms with van der Waals surface area (Å²) in [4.78, 5) is 4.79. The van der Waals surface area contributed by atoms with Gasteiger partial charge in [0.15, 0.2) is 0 Å². The van der Waals surface area contributed by atoms with Gasteiger partial charge >= 0.3 is 0 Å². The lowest BCUT2D eigenvalue weighted by Crippen LogP contribution is -2.64. The van der Waals surface area contributed by atoms with Crippen LogP contribution in [-0.4, -0.2) is 20.1 Å². The van der Waals surface area contributed by atoms with Crippen LogP contribution in [0.4, 0.5) is 34.1 Å². The molecule has 17 rings (SSSR count). The van der Waals surface area contributed by atoms with E-state index in [-0.39, 0.29) is 20.1 Å². The van der Waals surface area contributed by atoms with Crippen molar-refractivity contribution >= 4 is 103 Å². The van der Waals surface area contributed by atoms with Crippen LogP contribution in [0, 0.1) is 0 Å². The smallest absolute Gasteiger partial charge is 0.260 e. The first-order valence-corrected chi connectivity index (χ1v) is 25.7. The van der Waals surface area contributed by atoms with Crippen LogP contribution in [0.25, 0.3) is 22.3 Å². The summed E-state index contributed by atoms with van der Waals surface area (Å²) in [7, 11) is 0. The van der Waals surface area contributed by atoms with Crippen LogP contribution < -0.4 is 77.9 Å². The Morgan fingerprint density at radius 3 is 1.09 bits per heavy atom. The quantitative estimate of drug-likeness (QED) is 0.164. The van der Waals surface area contributed by atoms with Crippen molar-refractivity contribution in [2.24, 2.45) is 0 Å². The molecule has 11 aromatic carbocycles. The zero-order valence-corrected chi connectivity index (χ0v) is 40.3. The van der Waals surface area contributed by atoms with E-state index in [0.29, 0.717) is 0 Å². The van der Waals surface area contributed by atoms with E-state index in [9.17, 15) is 0 Å². The second-order valence-corrected chi connectivity index (χ2v) is 20.2. The number of fused-ring (bicyclic) bond motifs is 12. The molecule has 75 heavy (non-hydrogen) atoms. The molecule has 6 heterocycles. The van der Waals surface area contributed by atoms with Crippen LogP contribution in [0.2, 0.25) is 0 Å². The van der Waals surface area contributed by atoms with Crippen molar-refractivity contribution < 1.29 is 18.9 Å². The minimum Gasteiger partial charge on any atom is -0.458 e. The minimum absolute atomic E-state index is 0.117. The molecular weight excluding hydrogens is 917 g/mol. The van der Waals surface area contributed by atoms with E-state index < -0.39 is 0 Å². The zero-order valence-electron chi connectivity index (χ0n) is 40.3. The number of para-hydroxylation sites is 4. The van der Waals surface area contributed by atoms with E-state index in [4.69, 9.17) is 18.9 Å². The molecule has 0 spiro atoms. The normalized spacial score (nSPS) is 13.9. The molecule has 0 amide bonds. The van der Waals surface area contributed by atoms with Gasteiger partial charge in [0.1, 0.15) is 46.0 Å². The first-order valence-electron chi connectivity index (χ1n) is 25.7. The zero-order chi connectivity index (χ0) is 48.9. The van der Waals surface area contributed by atoms with Gasteiger partial charge in [0.2, 0.25) is 0 Å². The van der Waals surface area contributed by atoms with Crippen molar-refractivity contribution in [2.75, 3.05) is 9.80 Å². The lowest BCUT2D eigenvalue weighted by molar-refractivity contribution is 0.467. The molecule has 0 N–H and O–H groups in total. The monoisotopic (exact) mass is 956 g/mol. The second-order valence-electron chi connectivity index (χ2n) is 20.2. The average Bonchev–Trinajstić information content (AvgIpc) is 3.48. The highest BCUT2D eigenvalue weighted by Crippen LogP contribution is 2.50. The van der Waals surface area contributed by atoms with Gasteiger partial charge in [0.25, 0.3) is 20.1 Å². The predicted octanol–water partition coefficient (Wildman–Crippen LogP) is 10.6. The molecule has 0 radical (unpaired) electrons. The number of ether oxygens (including phenoxy) is 4. The molecular formula is C66H39B3N2O4. The molecule has 0 saturated carbocycles. The van der Waals surface area contributed by atoms with Gasteiger partial charge in [-0.05, 0) is 122 Å². The van der Waals surface area contributed by atoms with Gasteiger partial charge in [-0.1, -0.05) is 158 Å². The lowest BCUT2D eigenvalue weighted by Gasteiger charge is -2.43. The predicted molar refractivity (Wildman–Crippen MR) is 307 cm³/mol. The largest absolute Gasteiger partial charge is 0.458 e. The van der Waals surface area contributed by atoms with E-state index in [2.05, 4.69) is 246 Å². The minimum atomic E-state index is -0.307. The van der Waals surface area contributed by atoms with Crippen LogP contribution in [0.15, 0.2) is 237 Å². The Morgan fingerprint density at radius 2 is 0.640 bits per heavy atom. The molecule has 0 aromatic heterocycles. The summed E-state index contributed by atoms with van der Waals surface area (Å²) in [6.45, 7) is -0.541. The Morgan fingerprint density at radius 1 is 0.253 bits per heavy atom. The molecule has 0 aliphatic carbocycles. The van der Waals surface area contributed by atoms with Crippen molar-refractivity contribution in [1.29, 1.82) is 0 Å². The highest BCUT2D eigenvalue weighted by atomic mass is 16.5. The van der Waals surface area contributed by atoms with Gasteiger partial charge in [-0.15, -0.1) is 0 Å². The molecule has 0 unspecified atom stereocenters. The van der Waals surface area contributed by atoms with Gasteiger partial charge in [0, 0.05) is 62.8 Å². The average molecular weight is 956 g/mol. The van der Waals surface area contributed by atoms with Gasteiger partial charge in [-0.3, -0.25) is 0 Å². The summed E-state index contributed by atoms with van der Waals surface area (Å²) in [6, 6.07) is 84.5. The summed E-state index contributed by atoms with van der Waals surface area (Å²) in [5.41, 5.74) is 20.7.